The Kier molecular flexibility index (Phi) is 2.32. The molecule has 1 aromatic heterocycles. The van der Waals surface area contributed by atoms with Crippen LogP contribution in [0.15, 0.2) is 11.2 Å². The molecule has 1 aliphatic carbocycles. The zero-order chi connectivity index (χ0) is 10.2. The third-order valence-corrected chi connectivity index (χ3v) is 3.56. The third-order valence-electron chi connectivity index (χ3n) is 2.13. The van der Waals surface area contributed by atoms with Gasteiger partial charge in [-0.2, -0.15) is 0 Å². The second kappa shape index (κ2) is 3.36. The van der Waals surface area contributed by atoms with Crippen molar-refractivity contribution in [2.24, 2.45) is 0 Å². The molecule has 0 spiro atoms. The van der Waals surface area contributed by atoms with Gasteiger partial charge in [0.25, 0.3) is 10.0 Å². The highest BCUT2D eigenvalue weighted by Gasteiger charge is 2.28. The van der Waals surface area contributed by atoms with Gasteiger partial charge in [-0.15, -0.1) is 0 Å². The van der Waals surface area contributed by atoms with Crippen LogP contribution in [-0.4, -0.2) is 24.4 Å². The van der Waals surface area contributed by atoms with Gasteiger partial charge in [-0.05, 0) is 12.8 Å². The molecule has 78 valence electrons. The smallest absolute Gasteiger partial charge is 0.257 e. The summed E-state index contributed by atoms with van der Waals surface area (Å²) in [6.07, 6.45) is 3.95. The molecule has 14 heavy (non-hydrogen) atoms. The predicted molar refractivity (Wildman–Crippen MR) is 51.3 cm³/mol. The summed E-state index contributed by atoms with van der Waals surface area (Å²) in [5.41, 5.74) is 0. The number of aromatic amines is 1. The van der Waals surface area contributed by atoms with Crippen molar-refractivity contribution < 1.29 is 8.42 Å². The van der Waals surface area contributed by atoms with E-state index in [0.717, 1.165) is 12.8 Å². The second-order valence-electron chi connectivity index (χ2n) is 3.44. The number of rotatable bonds is 4. The van der Waals surface area contributed by atoms with Gasteiger partial charge < -0.3 is 4.98 Å². The van der Waals surface area contributed by atoms with Crippen LogP contribution in [0.2, 0.25) is 0 Å². The Morgan fingerprint density at radius 2 is 2.36 bits per heavy atom. The molecule has 0 aromatic carbocycles. The number of H-pyrrole nitrogens is 1. The molecule has 0 amide bonds. The molecule has 1 saturated carbocycles. The van der Waals surface area contributed by atoms with Gasteiger partial charge in [0.1, 0.15) is 5.82 Å². The first-order chi connectivity index (χ1) is 6.62. The van der Waals surface area contributed by atoms with Crippen LogP contribution in [0.25, 0.3) is 0 Å². The molecule has 2 rings (SSSR count). The molecule has 1 heterocycles. The van der Waals surface area contributed by atoms with Crippen LogP contribution >= 0.6 is 0 Å². The van der Waals surface area contributed by atoms with E-state index >= 15 is 0 Å². The topological polar surface area (TPSA) is 74.8 Å². The number of nitrogens with one attached hydrogen (secondary N) is 2. The SMILES string of the molecule is CCc1ncc(S(=O)(=O)NC2CC2)[nH]1. The van der Waals surface area contributed by atoms with Gasteiger partial charge in [0.15, 0.2) is 5.03 Å². The Morgan fingerprint density at radius 1 is 1.64 bits per heavy atom. The van der Waals surface area contributed by atoms with Crippen molar-refractivity contribution in [2.45, 2.75) is 37.3 Å². The zero-order valence-electron chi connectivity index (χ0n) is 7.95. The van der Waals surface area contributed by atoms with Gasteiger partial charge in [-0.3, -0.25) is 0 Å². The van der Waals surface area contributed by atoms with Crippen molar-refractivity contribution in [2.75, 3.05) is 0 Å². The molecule has 0 unspecified atom stereocenters. The van der Waals surface area contributed by atoms with Crippen LogP contribution in [-0.2, 0) is 16.4 Å². The van der Waals surface area contributed by atoms with E-state index in [2.05, 4.69) is 14.7 Å². The van der Waals surface area contributed by atoms with Gasteiger partial charge in [0.05, 0.1) is 6.20 Å². The van der Waals surface area contributed by atoms with Crippen LogP contribution in [0, 0.1) is 0 Å². The monoisotopic (exact) mass is 215 g/mol. The summed E-state index contributed by atoms with van der Waals surface area (Å²) < 4.78 is 25.8. The Balaban J connectivity index is 2.19. The number of aromatic nitrogens is 2. The quantitative estimate of drug-likeness (QED) is 0.764. The van der Waals surface area contributed by atoms with Crippen molar-refractivity contribution in [1.82, 2.24) is 14.7 Å². The fourth-order valence-corrected chi connectivity index (χ4v) is 2.39. The summed E-state index contributed by atoms with van der Waals surface area (Å²) in [6.45, 7) is 1.92. The standard InChI is InChI=1S/C8H13N3O2S/c1-2-7-9-5-8(10-7)14(12,13)11-6-3-4-6/h5-6,11H,2-4H2,1H3,(H,9,10). The van der Waals surface area contributed by atoms with Crippen molar-refractivity contribution in [3.63, 3.8) is 0 Å². The van der Waals surface area contributed by atoms with Gasteiger partial charge in [-0.25, -0.2) is 18.1 Å². The van der Waals surface area contributed by atoms with Crippen LogP contribution in [0.4, 0.5) is 0 Å². The molecule has 5 nitrogen and oxygen atoms in total. The Labute approximate surface area is 83.0 Å². The lowest BCUT2D eigenvalue weighted by atomic mass is 10.5. The van der Waals surface area contributed by atoms with Crippen LogP contribution in [0.1, 0.15) is 25.6 Å². The van der Waals surface area contributed by atoms with E-state index in [1.807, 2.05) is 6.92 Å². The van der Waals surface area contributed by atoms with E-state index < -0.39 is 10.0 Å². The molecule has 0 atom stereocenters. The highest BCUT2D eigenvalue weighted by Crippen LogP contribution is 2.21. The lowest BCUT2D eigenvalue weighted by Gasteiger charge is -2.01. The van der Waals surface area contributed by atoms with E-state index in [9.17, 15) is 8.42 Å². The first kappa shape index (κ1) is 9.67. The first-order valence-electron chi connectivity index (χ1n) is 4.68. The number of nitrogens with zero attached hydrogens (tertiary/aromatic N) is 1. The highest BCUT2D eigenvalue weighted by atomic mass is 32.2. The van der Waals surface area contributed by atoms with Crippen LogP contribution in [0.5, 0.6) is 0 Å². The van der Waals surface area contributed by atoms with Crippen molar-refractivity contribution >= 4 is 10.0 Å². The maximum atomic E-state index is 11.6. The van der Waals surface area contributed by atoms with Gasteiger partial charge >= 0.3 is 0 Å². The minimum atomic E-state index is -3.35. The Hall–Kier alpha value is -0.880. The van der Waals surface area contributed by atoms with E-state index in [-0.39, 0.29) is 11.1 Å². The Morgan fingerprint density at radius 3 is 2.86 bits per heavy atom. The predicted octanol–water partition coefficient (Wildman–Crippen LogP) is 0.413. The molecule has 0 saturated heterocycles. The molecule has 0 bridgehead atoms. The van der Waals surface area contributed by atoms with Crippen molar-refractivity contribution in [3.8, 4) is 0 Å². The summed E-state index contributed by atoms with van der Waals surface area (Å²) in [4.78, 5) is 6.73. The summed E-state index contributed by atoms with van der Waals surface area (Å²) in [5.74, 6) is 0.696. The molecule has 1 aromatic rings. The fourth-order valence-electron chi connectivity index (χ4n) is 1.14. The largest absolute Gasteiger partial charge is 0.332 e. The maximum absolute atomic E-state index is 11.6. The first-order valence-corrected chi connectivity index (χ1v) is 6.16. The molecule has 0 aliphatic heterocycles. The Bertz CT molecular complexity index is 420. The summed E-state index contributed by atoms with van der Waals surface area (Å²) in [5, 5.41) is 0.168. The van der Waals surface area contributed by atoms with Crippen molar-refractivity contribution in [3.05, 3.63) is 12.0 Å². The summed E-state index contributed by atoms with van der Waals surface area (Å²) in [7, 11) is -3.35. The van der Waals surface area contributed by atoms with Gasteiger partial charge in [-0.1, -0.05) is 6.92 Å². The maximum Gasteiger partial charge on any atom is 0.257 e. The van der Waals surface area contributed by atoms with Crippen LogP contribution in [0.3, 0.4) is 0 Å². The van der Waals surface area contributed by atoms with E-state index in [0.29, 0.717) is 12.2 Å². The highest BCUT2D eigenvalue weighted by molar-refractivity contribution is 7.89. The molecular formula is C8H13N3O2S. The number of sulfonamides is 1. The minimum absolute atomic E-state index is 0.133. The second-order valence-corrected chi connectivity index (χ2v) is 5.13. The summed E-state index contributed by atoms with van der Waals surface area (Å²) in [6, 6.07) is 0.133. The number of hydrogen-bond donors (Lipinski definition) is 2. The van der Waals surface area contributed by atoms with E-state index in [1.54, 1.807) is 0 Å². The molecule has 0 radical (unpaired) electrons. The third kappa shape index (κ3) is 1.96. The van der Waals surface area contributed by atoms with E-state index in [1.165, 1.54) is 6.20 Å². The average Bonchev–Trinajstić information content (AvgIpc) is 2.81. The van der Waals surface area contributed by atoms with Crippen molar-refractivity contribution in [1.29, 1.82) is 0 Å². The lowest BCUT2D eigenvalue weighted by Crippen LogP contribution is -2.26. The zero-order valence-corrected chi connectivity index (χ0v) is 8.76. The number of aryl methyl sites for hydroxylation is 1. The lowest BCUT2D eigenvalue weighted by molar-refractivity contribution is 0.577. The normalized spacial score (nSPS) is 17.2. The molecule has 1 fully saturated rings. The average molecular weight is 215 g/mol. The molecular weight excluding hydrogens is 202 g/mol. The van der Waals surface area contributed by atoms with Gasteiger partial charge in [0.2, 0.25) is 0 Å². The molecule has 6 heteroatoms. The molecule has 1 aliphatic rings. The van der Waals surface area contributed by atoms with E-state index in [4.69, 9.17) is 0 Å². The number of hydrogen-bond acceptors (Lipinski definition) is 3. The summed E-state index contributed by atoms with van der Waals surface area (Å²) >= 11 is 0. The molecule has 2 N–H and O–H groups in total. The van der Waals surface area contributed by atoms with Crippen LogP contribution < -0.4 is 4.72 Å². The number of imidazole rings is 1. The fraction of sp³-hybridized carbons (Fsp3) is 0.625. The van der Waals surface area contributed by atoms with Gasteiger partial charge in [0, 0.05) is 12.5 Å². The minimum Gasteiger partial charge on any atom is -0.332 e.